The van der Waals surface area contributed by atoms with Gasteiger partial charge in [0.2, 0.25) is 0 Å². The van der Waals surface area contributed by atoms with Crippen LogP contribution in [0.4, 0.5) is 0 Å². The molecule has 0 amide bonds. The number of hydrogen-bond acceptors (Lipinski definition) is 6. The average molecular weight is 305 g/mol. The second-order valence-corrected chi connectivity index (χ2v) is 4.26. The minimum atomic E-state index is -0.507. The maximum Gasteiger partial charge on any atom is 0.360 e. The Morgan fingerprint density at radius 1 is 1.14 bits per heavy atom. The molecule has 2 rings (SSSR count). The molecule has 0 saturated heterocycles. The van der Waals surface area contributed by atoms with E-state index < -0.39 is 5.97 Å². The van der Waals surface area contributed by atoms with Crippen LogP contribution in [-0.4, -0.2) is 40.8 Å². The van der Waals surface area contributed by atoms with E-state index in [1.807, 2.05) is 19.9 Å². The fraction of sp³-hybridized carbons (Fsp3) is 0.400. The monoisotopic (exact) mass is 305 g/mol. The molecule has 22 heavy (non-hydrogen) atoms. The van der Waals surface area contributed by atoms with Crippen LogP contribution in [-0.2, 0) is 4.74 Å². The predicted molar refractivity (Wildman–Crippen MR) is 79.7 cm³/mol. The van der Waals surface area contributed by atoms with Crippen LogP contribution in [0.5, 0.6) is 11.5 Å². The zero-order valence-corrected chi connectivity index (χ0v) is 12.9. The molecule has 118 valence electrons. The quantitative estimate of drug-likeness (QED) is 0.730. The molecule has 0 aliphatic heterocycles. The Morgan fingerprint density at radius 2 is 1.91 bits per heavy atom. The third-order valence-corrected chi connectivity index (χ3v) is 2.77. The largest absolute Gasteiger partial charge is 0.494 e. The van der Waals surface area contributed by atoms with Gasteiger partial charge in [-0.3, -0.25) is 0 Å². The van der Waals surface area contributed by atoms with Crippen LogP contribution < -0.4 is 9.47 Å². The fourth-order valence-corrected chi connectivity index (χ4v) is 1.89. The number of esters is 1. The number of ether oxygens (including phenoxy) is 3. The van der Waals surface area contributed by atoms with E-state index in [2.05, 4.69) is 10.3 Å². The standard InChI is InChI=1S/C15H19N3O4/c1-4-20-11-7-8-14(21-5-2)13(9-11)18-10-12(16-17-18)15(19)22-6-3/h7-10H,4-6H2,1-3H3. The number of aromatic nitrogens is 3. The van der Waals surface area contributed by atoms with Gasteiger partial charge in [0.1, 0.15) is 17.2 Å². The number of carbonyl (C=O) groups excluding carboxylic acids is 1. The van der Waals surface area contributed by atoms with Crippen LogP contribution >= 0.6 is 0 Å². The Kier molecular flexibility index (Phi) is 5.35. The molecule has 1 heterocycles. The van der Waals surface area contributed by atoms with Crippen molar-refractivity contribution in [1.82, 2.24) is 15.0 Å². The first-order chi connectivity index (χ1) is 10.7. The highest BCUT2D eigenvalue weighted by Gasteiger charge is 2.15. The van der Waals surface area contributed by atoms with E-state index in [0.29, 0.717) is 30.4 Å². The summed E-state index contributed by atoms with van der Waals surface area (Å²) >= 11 is 0. The van der Waals surface area contributed by atoms with Crippen molar-refractivity contribution in [3.05, 3.63) is 30.1 Å². The van der Waals surface area contributed by atoms with Gasteiger partial charge in [0.25, 0.3) is 0 Å². The first-order valence-corrected chi connectivity index (χ1v) is 7.19. The molecule has 1 aromatic heterocycles. The lowest BCUT2D eigenvalue weighted by molar-refractivity contribution is 0.0519. The first-order valence-electron chi connectivity index (χ1n) is 7.19. The smallest absolute Gasteiger partial charge is 0.360 e. The summed E-state index contributed by atoms with van der Waals surface area (Å²) in [5, 5.41) is 7.79. The molecule has 2 aromatic rings. The van der Waals surface area contributed by atoms with Crippen LogP contribution in [0, 0.1) is 0 Å². The molecule has 0 radical (unpaired) electrons. The number of benzene rings is 1. The molecular formula is C15H19N3O4. The summed E-state index contributed by atoms with van der Waals surface area (Å²) < 4.78 is 17.4. The number of hydrogen-bond donors (Lipinski definition) is 0. The lowest BCUT2D eigenvalue weighted by Crippen LogP contribution is -2.05. The summed E-state index contributed by atoms with van der Waals surface area (Å²) in [6.07, 6.45) is 1.51. The third-order valence-electron chi connectivity index (χ3n) is 2.77. The molecule has 1 aromatic carbocycles. The van der Waals surface area contributed by atoms with Crippen LogP contribution in [0.2, 0.25) is 0 Å². The molecular weight excluding hydrogens is 286 g/mol. The number of nitrogens with zero attached hydrogens (tertiary/aromatic N) is 3. The maximum atomic E-state index is 11.7. The lowest BCUT2D eigenvalue weighted by atomic mass is 10.2. The Balaban J connectivity index is 2.36. The molecule has 0 aliphatic rings. The summed E-state index contributed by atoms with van der Waals surface area (Å²) in [4.78, 5) is 11.7. The average Bonchev–Trinajstić information content (AvgIpc) is 2.99. The molecule has 0 unspecified atom stereocenters. The van der Waals surface area contributed by atoms with Gasteiger partial charge in [0.05, 0.1) is 26.0 Å². The van der Waals surface area contributed by atoms with Gasteiger partial charge in [-0.15, -0.1) is 5.10 Å². The molecule has 0 spiro atoms. The molecule has 0 bridgehead atoms. The van der Waals surface area contributed by atoms with Gasteiger partial charge < -0.3 is 14.2 Å². The molecule has 7 nitrogen and oxygen atoms in total. The van der Waals surface area contributed by atoms with Crippen molar-refractivity contribution < 1.29 is 19.0 Å². The fourth-order valence-electron chi connectivity index (χ4n) is 1.89. The Morgan fingerprint density at radius 3 is 2.59 bits per heavy atom. The van der Waals surface area contributed by atoms with Crippen LogP contribution in [0.25, 0.3) is 5.69 Å². The van der Waals surface area contributed by atoms with Gasteiger partial charge in [-0.25, -0.2) is 9.48 Å². The van der Waals surface area contributed by atoms with Gasteiger partial charge in [0, 0.05) is 6.07 Å². The Bertz CT molecular complexity index is 639. The van der Waals surface area contributed by atoms with Crippen LogP contribution in [0.1, 0.15) is 31.3 Å². The highest BCUT2D eigenvalue weighted by atomic mass is 16.5. The summed E-state index contributed by atoms with van der Waals surface area (Å²) in [6.45, 7) is 6.89. The zero-order valence-electron chi connectivity index (χ0n) is 12.9. The molecule has 0 aliphatic carbocycles. The predicted octanol–water partition coefficient (Wildman–Crippen LogP) is 2.24. The minimum absolute atomic E-state index is 0.145. The van der Waals surface area contributed by atoms with Gasteiger partial charge >= 0.3 is 5.97 Å². The molecule has 0 N–H and O–H groups in total. The van der Waals surface area contributed by atoms with Crippen LogP contribution in [0.15, 0.2) is 24.4 Å². The molecule has 7 heteroatoms. The van der Waals surface area contributed by atoms with Gasteiger partial charge in [-0.05, 0) is 32.9 Å². The van der Waals surface area contributed by atoms with Crippen LogP contribution in [0.3, 0.4) is 0 Å². The summed E-state index contributed by atoms with van der Waals surface area (Å²) in [5.41, 5.74) is 0.793. The van der Waals surface area contributed by atoms with Crippen molar-refractivity contribution in [1.29, 1.82) is 0 Å². The van der Waals surface area contributed by atoms with Crippen molar-refractivity contribution >= 4 is 5.97 Å². The minimum Gasteiger partial charge on any atom is -0.494 e. The zero-order chi connectivity index (χ0) is 15.9. The van der Waals surface area contributed by atoms with Crippen molar-refractivity contribution in [2.24, 2.45) is 0 Å². The topological polar surface area (TPSA) is 75.5 Å². The maximum absolute atomic E-state index is 11.7. The highest BCUT2D eigenvalue weighted by Crippen LogP contribution is 2.27. The van der Waals surface area contributed by atoms with Gasteiger partial charge in [-0.2, -0.15) is 0 Å². The van der Waals surface area contributed by atoms with Gasteiger partial charge in [-0.1, -0.05) is 5.21 Å². The Labute approximate surface area is 128 Å². The highest BCUT2D eigenvalue weighted by molar-refractivity contribution is 5.86. The second-order valence-electron chi connectivity index (χ2n) is 4.26. The summed E-state index contributed by atoms with van der Waals surface area (Å²) in [6, 6.07) is 5.41. The van der Waals surface area contributed by atoms with E-state index in [4.69, 9.17) is 14.2 Å². The van der Waals surface area contributed by atoms with E-state index in [9.17, 15) is 4.79 Å². The summed E-state index contributed by atoms with van der Waals surface area (Å²) in [7, 11) is 0. The van der Waals surface area contributed by atoms with E-state index >= 15 is 0 Å². The van der Waals surface area contributed by atoms with Gasteiger partial charge in [0.15, 0.2) is 5.69 Å². The molecule has 0 atom stereocenters. The summed E-state index contributed by atoms with van der Waals surface area (Å²) in [5.74, 6) is 0.813. The van der Waals surface area contributed by atoms with Crippen molar-refractivity contribution in [3.63, 3.8) is 0 Å². The molecule has 0 saturated carbocycles. The number of rotatable bonds is 7. The second kappa shape index (κ2) is 7.44. The SMILES string of the molecule is CCOC(=O)c1cn(-c2cc(OCC)ccc2OCC)nn1. The normalized spacial score (nSPS) is 10.3. The molecule has 0 fully saturated rings. The van der Waals surface area contributed by atoms with E-state index in [1.54, 1.807) is 19.1 Å². The van der Waals surface area contributed by atoms with E-state index in [0.717, 1.165) is 0 Å². The van der Waals surface area contributed by atoms with E-state index in [1.165, 1.54) is 10.9 Å². The first kappa shape index (κ1) is 15.8. The Hall–Kier alpha value is -2.57. The lowest BCUT2D eigenvalue weighted by Gasteiger charge is -2.11. The van der Waals surface area contributed by atoms with E-state index in [-0.39, 0.29) is 12.3 Å². The van der Waals surface area contributed by atoms with Crippen molar-refractivity contribution in [2.45, 2.75) is 20.8 Å². The van der Waals surface area contributed by atoms with Crippen molar-refractivity contribution in [3.8, 4) is 17.2 Å². The third kappa shape index (κ3) is 3.55. The van der Waals surface area contributed by atoms with Crippen molar-refractivity contribution in [2.75, 3.05) is 19.8 Å². The number of carbonyl (C=O) groups is 1.